The Morgan fingerprint density at radius 1 is 1.19 bits per heavy atom. The molecule has 16 heavy (non-hydrogen) atoms. The maximum atomic E-state index is 11.5. The zero-order valence-electron chi connectivity index (χ0n) is 8.60. The van der Waals surface area contributed by atoms with Gasteiger partial charge in [-0.2, -0.15) is 0 Å². The first kappa shape index (κ1) is 12.4. The number of carboxylic acids is 2. The van der Waals surface area contributed by atoms with E-state index in [1.165, 1.54) is 0 Å². The molecular weight excluding hydrogens is 216 g/mol. The van der Waals surface area contributed by atoms with Crippen molar-refractivity contribution in [2.24, 2.45) is 0 Å². The zero-order chi connectivity index (χ0) is 12.1. The van der Waals surface area contributed by atoms with Gasteiger partial charge in [0.25, 0.3) is 0 Å². The smallest absolute Gasteiger partial charge is 0.338 e. The van der Waals surface area contributed by atoms with Crippen LogP contribution in [0.5, 0.6) is 0 Å². The first-order valence-electron chi connectivity index (χ1n) is 5.01. The van der Waals surface area contributed by atoms with Gasteiger partial charge in [-0.3, -0.25) is 4.79 Å². The van der Waals surface area contributed by atoms with Crippen molar-refractivity contribution in [2.45, 2.75) is 31.3 Å². The lowest BCUT2D eigenvalue weighted by atomic mass is 10.0. The van der Waals surface area contributed by atoms with Crippen LogP contribution in [0.3, 0.4) is 0 Å². The molecule has 7 nitrogen and oxygen atoms in total. The topological polar surface area (TPSA) is 116 Å². The van der Waals surface area contributed by atoms with E-state index in [2.05, 4.69) is 5.32 Å². The van der Waals surface area contributed by atoms with Crippen molar-refractivity contribution in [3.63, 3.8) is 0 Å². The predicted octanol–water partition coefficient (Wildman–Crippen LogP) is -1.22. The number of nitrogens with one attached hydrogen (secondary N) is 2. The fraction of sp³-hybridized carbons (Fsp3) is 0.667. The van der Waals surface area contributed by atoms with Crippen molar-refractivity contribution in [1.82, 2.24) is 10.6 Å². The highest BCUT2D eigenvalue weighted by Gasteiger charge is 2.30. The molecule has 4 N–H and O–H groups in total. The Hall–Kier alpha value is -1.63. The van der Waals surface area contributed by atoms with Crippen LogP contribution >= 0.6 is 0 Å². The maximum Gasteiger partial charge on any atom is 0.338 e. The lowest BCUT2D eigenvalue weighted by Crippen LogP contribution is -2.54. The third-order valence-corrected chi connectivity index (χ3v) is 2.41. The average Bonchev–Trinajstić information content (AvgIpc) is 2.25. The largest absolute Gasteiger partial charge is 0.479 e. The van der Waals surface area contributed by atoms with Gasteiger partial charge in [0.15, 0.2) is 0 Å². The van der Waals surface area contributed by atoms with E-state index in [0.717, 1.165) is 12.8 Å². The highest BCUT2D eigenvalue weighted by molar-refractivity contribution is 6.01. The zero-order valence-corrected chi connectivity index (χ0v) is 8.60. The van der Waals surface area contributed by atoms with E-state index in [9.17, 15) is 14.4 Å². The van der Waals surface area contributed by atoms with Crippen molar-refractivity contribution in [2.75, 3.05) is 6.54 Å². The van der Waals surface area contributed by atoms with E-state index >= 15 is 0 Å². The number of carboxylic acid groups (broad SMARTS) is 2. The summed E-state index contributed by atoms with van der Waals surface area (Å²) in [5.41, 5.74) is 0. The van der Waals surface area contributed by atoms with Gasteiger partial charge in [-0.15, -0.1) is 0 Å². The molecule has 7 heteroatoms. The molecule has 1 unspecified atom stereocenters. The molecule has 1 saturated heterocycles. The van der Waals surface area contributed by atoms with E-state index < -0.39 is 29.9 Å². The van der Waals surface area contributed by atoms with Crippen molar-refractivity contribution in [3.8, 4) is 0 Å². The molecular formula is C9H14N2O5. The van der Waals surface area contributed by atoms with Gasteiger partial charge < -0.3 is 20.8 Å². The van der Waals surface area contributed by atoms with Crippen LogP contribution in [0, 0.1) is 0 Å². The number of amides is 1. The summed E-state index contributed by atoms with van der Waals surface area (Å²) in [5, 5.41) is 22.0. The molecule has 1 atom stereocenters. The van der Waals surface area contributed by atoms with Gasteiger partial charge in [-0.1, -0.05) is 6.42 Å². The summed E-state index contributed by atoms with van der Waals surface area (Å²) in [6.07, 6.45) is 2.43. The quantitative estimate of drug-likeness (QED) is 0.450. The molecule has 1 aliphatic heterocycles. The molecule has 0 aromatic rings. The van der Waals surface area contributed by atoms with Crippen LogP contribution in [0.25, 0.3) is 0 Å². The van der Waals surface area contributed by atoms with Gasteiger partial charge in [0.2, 0.25) is 11.9 Å². The van der Waals surface area contributed by atoms with Gasteiger partial charge in [0.1, 0.15) is 0 Å². The number of carbonyl (C=O) groups is 3. The molecule has 0 spiro atoms. The Balaban J connectivity index is 2.53. The number of aliphatic carboxylic acids is 2. The third-order valence-electron chi connectivity index (χ3n) is 2.41. The highest BCUT2D eigenvalue weighted by atomic mass is 16.4. The van der Waals surface area contributed by atoms with Crippen molar-refractivity contribution >= 4 is 17.8 Å². The summed E-state index contributed by atoms with van der Waals surface area (Å²) >= 11 is 0. The molecule has 1 amide bonds. The molecule has 1 aliphatic rings. The summed E-state index contributed by atoms with van der Waals surface area (Å²) < 4.78 is 0. The maximum absolute atomic E-state index is 11.5. The van der Waals surface area contributed by atoms with Crippen molar-refractivity contribution < 1.29 is 24.6 Å². The third kappa shape index (κ3) is 3.20. The molecule has 0 aliphatic carbocycles. The number of hydrogen-bond acceptors (Lipinski definition) is 4. The molecule has 0 radical (unpaired) electrons. The van der Waals surface area contributed by atoms with Gasteiger partial charge in [-0.05, 0) is 19.4 Å². The second-order valence-corrected chi connectivity index (χ2v) is 3.62. The minimum absolute atomic E-state index is 0.491. The van der Waals surface area contributed by atoms with E-state index in [-0.39, 0.29) is 0 Å². The van der Waals surface area contributed by atoms with Gasteiger partial charge in [-0.25, -0.2) is 9.59 Å². The molecule has 90 valence electrons. The highest BCUT2D eigenvalue weighted by Crippen LogP contribution is 2.07. The van der Waals surface area contributed by atoms with Gasteiger partial charge in [0, 0.05) is 0 Å². The monoisotopic (exact) mass is 230 g/mol. The second kappa shape index (κ2) is 5.45. The molecule has 0 saturated carbocycles. The van der Waals surface area contributed by atoms with Gasteiger partial charge in [0.05, 0.1) is 6.04 Å². The van der Waals surface area contributed by atoms with E-state index in [1.54, 1.807) is 0 Å². The first-order chi connectivity index (χ1) is 7.52. The summed E-state index contributed by atoms with van der Waals surface area (Å²) in [6, 6.07) is -2.37. The van der Waals surface area contributed by atoms with Crippen LogP contribution < -0.4 is 10.6 Å². The van der Waals surface area contributed by atoms with Crippen LogP contribution in [-0.4, -0.2) is 46.7 Å². The number of rotatable bonds is 4. The Bertz CT molecular complexity index is 284. The van der Waals surface area contributed by atoms with Crippen LogP contribution in [0.4, 0.5) is 0 Å². The van der Waals surface area contributed by atoms with Crippen LogP contribution in [0.2, 0.25) is 0 Å². The molecule has 1 rings (SSSR count). The SMILES string of the molecule is O=C(NC(C(=O)O)C(=O)O)C1CCCCN1. The number of carbonyl (C=O) groups excluding carboxylic acids is 1. The van der Waals surface area contributed by atoms with Crippen molar-refractivity contribution in [1.29, 1.82) is 0 Å². The Kier molecular flexibility index (Phi) is 4.24. The Morgan fingerprint density at radius 3 is 2.25 bits per heavy atom. The fourth-order valence-corrected chi connectivity index (χ4v) is 1.55. The minimum Gasteiger partial charge on any atom is -0.479 e. The van der Waals surface area contributed by atoms with Crippen molar-refractivity contribution in [3.05, 3.63) is 0 Å². The van der Waals surface area contributed by atoms with E-state index in [0.29, 0.717) is 13.0 Å². The standard InChI is InChI=1S/C9H14N2O5/c12-7(5-3-1-2-4-10-5)11-6(8(13)14)9(15)16/h5-6,10H,1-4H2,(H,11,12)(H,13,14)(H,15,16). The predicted molar refractivity (Wildman–Crippen MR) is 52.8 cm³/mol. The average molecular weight is 230 g/mol. The number of hydrogen-bond donors (Lipinski definition) is 4. The Labute approximate surface area is 91.8 Å². The first-order valence-corrected chi connectivity index (χ1v) is 5.01. The summed E-state index contributed by atoms with van der Waals surface area (Å²) in [7, 11) is 0. The van der Waals surface area contributed by atoms with Crippen LogP contribution in [-0.2, 0) is 14.4 Å². The normalized spacial score (nSPS) is 20.4. The molecule has 0 aromatic heterocycles. The number of piperidine rings is 1. The molecule has 0 bridgehead atoms. The Morgan fingerprint density at radius 2 is 1.81 bits per heavy atom. The molecule has 1 heterocycles. The van der Waals surface area contributed by atoms with E-state index in [4.69, 9.17) is 10.2 Å². The minimum atomic E-state index is -1.88. The van der Waals surface area contributed by atoms with Crippen LogP contribution in [0.15, 0.2) is 0 Å². The summed E-state index contributed by atoms with van der Waals surface area (Å²) in [5.74, 6) is -3.72. The molecule has 0 aromatic carbocycles. The summed E-state index contributed by atoms with van der Waals surface area (Å²) in [4.78, 5) is 32.6. The summed E-state index contributed by atoms with van der Waals surface area (Å²) in [6.45, 7) is 0.683. The molecule has 1 fully saturated rings. The lowest BCUT2D eigenvalue weighted by Gasteiger charge is -2.23. The van der Waals surface area contributed by atoms with Gasteiger partial charge >= 0.3 is 11.9 Å². The lowest BCUT2D eigenvalue weighted by molar-refractivity contribution is -0.153. The van der Waals surface area contributed by atoms with E-state index in [1.807, 2.05) is 5.32 Å². The van der Waals surface area contributed by atoms with Crippen LogP contribution in [0.1, 0.15) is 19.3 Å². The fourth-order valence-electron chi connectivity index (χ4n) is 1.55. The second-order valence-electron chi connectivity index (χ2n) is 3.62.